The van der Waals surface area contributed by atoms with Gasteiger partial charge in [-0.2, -0.15) is 5.26 Å². The molecule has 1 atom stereocenters. The topological polar surface area (TPSA) is 27.0 Å². The molecule has 1 heterocycles. The fraction of sp³-hybridized carbons (Fsp3) is 0.533. The molecule has 2 heteroatoms. The first-order valence-corrected chi connectivity index (χ1v) is 6.30. The van der Waals surface area contributed by atoms with Crippen LogP contribution in [0.1, 0.15) is 32.3 Å². The summed E-state index contributed by atoms with van der Waals surface area (Å²) >= 11 is 0. The Bertz CT molecular complexity index is 442. The van der Waals surface area contributed by atoms with Crippen molar-refractivity contribution in [1.29, 1.82) is 5.26 Å². The van der Waals surface area contributed by atoms with Gasteiger partial charge in [-0.15, -0.1) is 0 Å². The molecule has 90 valence electrons. The van der Waals surface area contributed by atoms with Gasteiger partial charge in [-0.1, -0.05) is 18.2 Å². The van der Waals surface area contributed by atoms with Gasteiger partial charge in [0, 0.05) is 12.2 Å². The summed E-state index contributed by atoms with van der Waals surface area (Å²) in [5, 5.41) is 9.28. The first-order valence-electron chi connectivity index (χ1n) is 6.30. The lowest BCUT2D eigenvalue weighted by molar-refractivity contribution is 0.292. The minimum Gasteiger partial charge on any atom is -0.365 e. The molecule has 0 bridgehead atoms. The first kappa shape index (κ1) is 12.0. The highest BCUT2D eigenvalue weighted by Crippen LogP contribution is 2.37. The molecule has 1 aromatic carbocycles. The third-order valence-corrected chi connectivity index (χ3v) is 3.99. The van der Waals surface area contributed by atoms with Crippen LogP contribution >= 0.6 is 0 Å². The molecule has 1 aliphatic heterocycles. The second-order valence-corrected chi connectivity index (χ2v) is 5.42. The number of hydrogen-bond acceptors (Lipinski definition) is 2. The molecule has 0 saturated carbocycles. The van der Waals surface area contributed by atoms with Crippen molar-refractivity contribution < 1.29 is 0 Å². The Morgan fingerprint density at radius 3 is 2.71 bits per heavy atom. The molecule has 0 spiro atoms. The van der Waals surface area contributed by atoms with Crippen molar-refractivity contribution in [3.05, 3.63) is 29.8 Å². The van der Waals surface area contributed by atoms with Crippen LogP contribution in [0.25, 0.3) is 0 Å². The van der Waals surface area contributed by atoms with Crippen molar-refractivity contribution in [1.82, 2.24) is 0 Å². The van der Waals surface area contributed by atoms with Gasteiger partial charge in [0.2, 0.25) is 0 Å². The van der Waals surface area contributed by atoms with Crippen LogP contribution in [0.15, 0.2) is 24.3 Å². The van der Waals surface area contributed by atoms with Crippen LogP contribution in [0.5, 0.6) is 0 Å². The monoisotopic (exact) mass is 228 g/mol. The van der Waals surface area contributed by atoms with E-state index in [1.165, 1.54) is 11.3 Å². The largest absolute Gasteiger partial charge is 0.365 e. The van der Waals surface area contributed by atoms with E-state index in [-0.39, 0.29) is 11.5 Å². The molecule has 1 aliphatic rings. The van der Waals surface area contributed by atoms with Crippen molar-refractivity contribution in [2.75, 3.05) is 11.4 Å². The van der Waals surface area contributed by atoms with Gasteiger partial charge in [0.05, 0.1) is 17.5 Å². The Kier molecular flexibility index (Phi) is 3.11. The zero-order valence-corrected chi connectivity index (χ0v) is 10.9. The van der Waals surface area contributed by atoms with Crippen LogP contribution < -0.4 is 4.90 Å². The van der Waals surface area contributed by atoms with Crippen LogP contribution in [0.2, 0.25) is 0 Å². The summed E-state index contributed by atoms with van der Waals surface area (Å²) in [7, 11) is 0. The number of nitriles is 1. The van der Waals surface area contributed by atoms with Gasteiger partial charge >= 0.3 is 0 Å². The summed E-state index contributed by atoms with van der Waals surface area (Å²) in [6.07, 6.45) is 2.13. The van der Waals surface area contributed by atoms with Gasteiger partial charge in [-0.25, -0.2) is 0 Å². The molecule has 0 aromatic heterocycles. The number of nitrogens with zero attached hydrogens (tertiary/aromatic N) is 2. The van der Waals surface area contributed by atoms with E-state index in [4.69, 9.17) is 0 Å². The number of anilines is 1. The highest BCUT2D eigenvalue weighted by Gasteiger charge is 2.39. The summed E-state index contributed by atoms with van der Waals surface area (Å²) in [5.74, 6) is 0.121. The maximum atomic E-state index is 9.28. The summed E-state index contributed by atoms with van der Waals surface area (Å²) in [5.41, 5.74) is 2.50. The van der Waals surface area contributed by atoms with Crippen molar-refractivity contribution in [3.63, 3.8) is 0 Å². The molecule has 2 nitrogen and oxygen atoms in total. The predicted octanol–water partition coefficient (Wildman–Crippen LogP) is 3.51. The SMILES string of the molecule is Cc1ccccc1N1CCCC(C#N)C1(C)C. The van der Waals surface area contributed by atoms with E-state index >= 15 is 0 Å². The minimum atomic E-state index is -0.0703. The molecular formula is C15H20N2. The molecule has 1 unspecified atom stereocenters. The normalized spacial score (nSPS) is 23.2. The van der Waals surface area contributed by atoms with E-state index in [0.717, 1.165) is 19.4 Å². The quantitative estimate of drug-likeness (QED) is 0.735. The van der Waals surface area contributed by atoms with Crippen LogP contribution in [0, 0.1) is 24.2 Å². The lowest BCUT2D eigenvalue weighted by Gasteiger charge is -2.47. The molecule has 17 heavy (non-hydrogen) atoms. The molecule has 1 aromatic rings. The molecule has 1 fully saturated rings. The first-order chi connectivity index (χ1) is 8.07. The van der Waals surface area contributed by atoms with Gasteiger partial charge in [0.1, 0.15) is 0 Å². The zero-order chi connectivity index (χ0) is 12.5. The number of piperidine rings is 1. The molecule has 0 aliphatic carbocycles. The molecule has 2 rings (SSSR count). The lowest BCUT2D eigenvalue weighted by Crippen LogP contribution is -2.53. The highest BCUT2D eigenvalue weighted by molar-refractivity contribution is 5.55. The van der Waals surface area contributed by atoms with Gasteiger partial charge in [0.25, 0.3) is 0 Å². The summed E-state index contributed by atoms with van der Waals surface area (Å²) in [6, 6.07) is 10.9. The van der Waals surface area contributed by atoms with E-state index in [9.17, 15) is 5.26 Å². The molecular weight excluding hydrogens is 208 g/mol. The Labute approximate surface area is 104 Å². The summed E-state index contributed by atoms with van der Waals surface area (Å²) in [4.78, 5) is 2.40. The minimum absolute atomic E-state index is 0.0703. The smallest absolute Gasteiger partial charge is 0.0690 e. The average Bonchev–Trinajstić information content (AvgIpc) is 2.30. The Morgan fingerprint density at radius 1 is 1.35 bits per heavy atom. The van der Waals surface area contributed by atoms with E-state index in [2.05, 4.69) is 56.0 Å². The molecule has 0 N–H and O–H groups in total. The van der Waals surface area contributed by atoms with Gasteiger partial charge in [0.15, 0.2) is 0 Å². The van der Waals surface area contributed by atoms with Gasteiger partial charge in [-0.05, 0) is 45.2 Å². The zero-order valence-electron chi connectivity index (χ0n) is 10.9. The third-order valence-electron chi connectivity index (χ3n) is 3.99. The van der Waals surface area contributed by atoms with Crippen LogP contribution in [-0.4, -0.2) is 12.1 Å². The van der Waals surface area contributed by atoms with Crippen molar-refractivity contribution in [2.45, 2.75) is 39.2 Å². The standard InChI is InChI=1S/C15H20N2/c1-12-7-4-5-9-14(12)17-10-6-8-13(11-16)15(17,2)3/h4-5,7,9,13H,6,8,10H2,1-3H3. The predicted molar refractivity (Wildman–Crippen MR) is 70.9 cm³/mol. The van der Waals surface area contributed by atoms with Gasteiger partial charge < -0.3 is 4.90 Å². The van der Waals surface area contributed by atoms with E-state index in [0.29, 0.717) is 0 Å². The molecule has 1 saturated heterocycles. The second kappa shape index (κ2) is 4.41. The maximum Gasteiger partial charge on any atom is 0.0690 e. The Balaban J connectivity index is 2.39. The second-order valence-electron chi connectivity index (χ2n) is 5.42. The van der Waals surface area contributed by atoms with E-state index in [1.807, 2.05) is 0 Å². The van der Waals surface area contributed by atoms with Crippen molar-refractivity contribution in [3.8, 4) is 6.07 Å². The van der Waals surface area contributed by atoms with E-state index in [1.54, 1.807) is 0 Å². The highest BCUT2D eigenvalue weighted by atomic mass is 15.2. The Morgan fingerprint density at radius 2 is 2.06 bits per heavy atom. The summed E-state index contributed by atoms with van der Waals surface area (Å²) < 4.78 is 0. The summed E-state index contributed by atoms with van der Waals surface area (Å²) in [6.45, 7) is 7.57. The number of hydrogen-bond donors (Lipinski definition) is 0. The van der Waals surface area contributed by atoms with Gasteiger partial charge in [-0.3, -0.25) is 0 Å². The van der Waals surface area contributed by atoms with Crippen LogP contribution in [0.3, 0.4) is 0 Å². The Hall–Kier alpha value is -1.49. The molecule has 0 radical (unpaired) electrons. The lowest BCUT2D eigenvalue weighted by atomic mass is 9.79. The molecule has 0 amide bonds. The fourth-order valence-electron chi connectivity index (χ4n) is 2.80. The number of aryl methyl sites for hydroxylation is 1. The van der Waals surface area contributed by atoms with Crippen molar-refractivity contribution in [2.24, 2.45) is 5.92 Å². The van der Waals surface area contributed by atoms with Crippen LogP contribution in [0.4, 0.5) is 5.69 Å². The van der Waals surface area contributed by atoms with E-state index < -0.39 is 0 Å². The fourth-order valence-corrected chi connectivity index (χ4v) is 2.80. The third kappa shape index (κ3) is 2.02. The number of para-hydroxylation sites is 1. The maximum absolute atomic E-state index is 9.28. The average molecular weight is 228 g/mol. The number of benzene rings is 1. The number of rotatable bonds is 1. The van der Waals surface area contributed by atoms with Crippen molar-refractivity contribution >= 4 is 5.69 Å². The van der Waals surface area contributed by atoms with Crippen LogP contribution in [-0.2, 0) is 0 Å².